The average molecular weight is 268 g/mol. The van der Waals surface area contributed by atoms with Gasteiger partial charge in [0.2, 0.25) is 0 Å². The number of ether oxygens (including phenoxy) is 1. The maximum atomic E-state index is 6.56. The fraction of sp³-hybridized carbons (Fsp3) is 0.600. The second kappa shape index (κ2) is 7.01. The molecule has 100 valence electrons. The third-order valence-electron chi connectivity index (χ3n) is 3.59. The summed E-state index contributed by atoms with van der Waals surface area (Å²) in [5.41, 5.74) is 1.10. The van der Waals surface area contributed by atoms with E-state index < -0.39 is 0 Å². The summed E-state index contributed by atoms with van der Waals surface area (Å²) in [6, 6.07) is 8.05. The van der Waals surface area contributed by atoms with E-state index in [-0.39, 0.29) is 5.38 Å². The van der Waals surface area contributed by atoms with Crippen LogP contribution in [0.25, 0.3) is 0 Å². The molecule has 2 rings (SSSR count). The lowest BCUT2D eigenvalue weighted by atomic mass is 10.1. The highest BCUT2D eigenvalue weighted by molar-refractivity contribution is 6.21. The van der Waals surface area contributed by atoms with Crippen LogP contribution in [-0.2, 0) is 0 Å². The molecule has 3 heteroatoms. The van der Waals surface area contributed by atoms with Crippen molar-refractivity contribution in [3.05, 3.63) is 29.8 Å². The summed E-state index contributed by atoms with van der Waals surface area (Å²) in [5.74, 6) is 0.896. The lowest BCUT2D eigenvalue weighted by Crippen LogP contribution is -2.28. The number of hydrogen-bond acceptors (Lipinski definition) is 2. The van der Waals surface area contributed by atoms with Crippen LogP contribution < -0.4 is 4.74 Å². The highest BCUT2D eigenvalue weighted by atomic mass is 35.5. The van der Waals surface area contributed by atoms with Crippen molar-refractivity contribution in [3.63, 3.8) is 0 Å². The predicted octanol–water partition coefficient (Wildman–Crippen LogP) is 3.85. The van der Waals surface area contributed by atoms with Gasteiger partial charge >= 0.3 is 0 Å². The number of rotatable bonds is 4. The van der Waals surface area contributed by atoms with Crippen LogP contribution in [0.3, 0.4) is 0 Å². The monoisotopic (exact) mass is 267 g/mol. The van der Waals surface area contributed by atoms with E-state index in [4.69, 9.17) is 16.3 Å². The first kappa shape index (κ1) is 13.7. The Labute approximate surface area is 115 Å². The molecular weight excluding hydrogens is 246 g/mol. The van der Waals surface area contributed by atoms with E-state index in [2.05, 4.69) is 11.0 Å². The molecule has 0 radical (unpaired) electrons. The molecule has 0 aromatic heterocycles. The molecule has 1 heterocycles. The number of hydrogen-bond donors (Lipinski definition) is 0. The highest BCUT2D eigenvalue weighted by Gasteiger charge is 2.17. The lowest BCUT2D eigenvalue weighted by molar-refractivity contribution is 0.283. The Morgan fingerprint density at radius 2 is 1.83 bits per heavy atom. The fourth-order valence-electron chi connectivity index (χ4n) is 2.57. The van der Waals surface area contributed by atoms with Crippen molar-refractivity contribution < 1.29 is 4.74 Å². The minimum atomic E-state index is 0.0132. The second-order valence-corrected chi connectivity index (χ2v) is 5.45. The molecule has 18 heavy (non-hydrogen) atoms. The number of nitrogens with zero attached hydrogens (tertiary/aromatic N) is 1. The number of alkyl halides is 1. The van der Waals surface area contributed by atoms with Crippen molar-refractivity contribution in [1.82, 2.24) is 4.90 Å². The summed E-state index contributed by atoms with van der Waals surface area (Å²) in [5, 5.41) is 0.0132. The van der Waals surface area contributed by atoms with Gasteiger partial charge in [-0.25, -0.2) is 0 Å². The smallest absolute Gasteiger partial charge is 0.123 e. The zero-order valence-corrected chi connectivity index (χ0v) is 11.8. The van der Waals surface area contributed by atoms with E-state index in [1.807, 2.05) is 18.2 Å². The quantitative estimate of drug-likeness (QED) is 0.769. The number of benzene rings is 1. The second-order valence-electron chi connectivity index (χ2n) is 4.92. The van der Waals surface area contributed by atoms with Gasteiger partial charge in [0.15, 0.2) is 0 Å². The molecule has 0 aliphatic carbocycles. The van der Waals surface area contributed by atoms with Gasteiger partial charge in [-0.15, -0.1) is 11.6 Å². The van der Waals surface area contributed by atoms with E-state index in [0.29, 0.717) is 0 Å². The maximum Gasteiger partial charge on any atom is 0.123 e. The first-order valence-corrected chi connectivity index (χ1v) is 7.24. The molecule has 1 aromatic rings. The third kappa shape index (κ3) is 3.63. The van der Waals surface area contributed by atoms with Gasteiger partial charge in [-0.05, 0) is 32.0 Å². The molecule has 1 atom stereocenters. The highest BCUT2D eigenvalue weighted by Crippen LogP contribution is 2.30. The zero-order chi connectivity index (χ0) is 12.8. The van der Waals surface area contributed by atoms with Crippen LogP contribution in [0.5, 0.6) is 5.75 Å². The molecule has 1 saturated heterocycles. The summed E-state index contributed by atoms with van der Waals surface area (Å²) >= 11 is 6.56. The number of methoxy groups -OCH3 is 1. The summed E-state index contributed by atoms with van der Waals surface area (Å²) in [6.45, 7) is 3.28. The molecule has 0 amide bonds. The average Bonchev–Trinajstić information content (AvgIpc) is 2.67. The van der Waals surface area contributed by atoms with Gasteiger partial charge in [-0.2, -0.15) is 0 Å². The van der Waals surface area contributed by atoms with E-state index in [0.717, 1.165) is 17.9 Å². The van der Waals surface area contributed by atoms with Crippen molar-refractivity contribution in [3.8, 4) is 5.75 Å². The Bertz CT molecular complexity index is 361. The molecule has 2 nitrogen and oxygen atoms in total. The molecular formula is C15H22ClNO. The molecule has 1 fully saturated rings. The largest absolute Gasteiger partial charge is 0.496 e. The Morgan fingerprint density at radius 1 is 1.17 bits per heavy atom. The normalized spacial score (nSPS) is 19.2. The number of para-hydroxylation sites is 1. The zero-order valence-electron chi connectivity index (χ0n) is 11.1. The van der Waals surface area contributed by atoms with Gasteiger partial charge in [-0.1, -0.05) is 31.0 Å². The van der Waals surface area contributed by atoms with Gasteiger partial charge in [0.05, 0.1) is 12.5 Å². The SMILES string of the molecule is COc1ccccc1C(Cl)CN1CCCCCC1. The maximum absolute atomic E-state index is 6.56. The van der Waals surface area contributed by atoms with Crippen LogP contribution >= 0.6 is 11.6 Å². The van der Waals surface area contributed by atoms with Gasteiger partial charge in [0.1, 0.15) is 5.75 Å². The Kier molecular flexibility index (Phi) is 5.33. The first-order valence-electron chi connectivity index (χ1n) is 6.80. The Morgan fingerprint density at radius 3 is 2.50 bits per heavy atom. The summed E-state index contributed by atoms with van der Waals surface area (Å²) in [6.07, 6.45) is 5.32. The van der Waals surface area contributed by atoms with Crippen LogP contribution in [0, 0.1) is 0 Å². The van der Waals surface area contributed by atoms with Crippen LogP contribution in [-0.4, -0.2) is 31.6 Å². The van der Waals surface area contributed by atoms with Crippen LogP contribution in [0.1, 0.15) is 36.6 Å². The van der Waals surface area contributed by atoms with Crippen LogP contribution in [0.2, 0.25) is 0 Å². The van der Waals surface area contributed by atoms with Crippen molar-refractivity contribution in [2.75, 3.05) is 26.7 Å². The minimum absolute atomic E-state index is 0.0132. The molecule has 1 aliphatic rings. The van der Waals surface area contributed by atoms with Gasteiger partial charge in [0.25, 0.3) is 0 Å². The molecule has 1 aliphatic heterocycles. The van der Waals surface area contributed by atoms with Crippen molar-refractivity contribution in [2.45, 2.75) is 31.1 Å². The van der Waals surface area contributed by atoms with E-state index in [1.165, 1.54) is 38.8 Å². The summed E-state index contributed by atoms with van der Waals surface area (Å²) in [4.78, 5) is 2.48. The first-order chi connectivity index (χ1) is 8.81. The summed E-state index contributed by atoms with van der Waals surface area (Å²) in [7, 11) is 1.70. The van der Waals surface area contributed by atoms with E-state index >= 15 is 0 Å². The fourth-order valence-corrected chi connectivity index (χ4v) is 2.94. The van der Waals surface area contributed by atoms with E-state index in [9.17, 15) is 0 Å². The molecule has 0 N–H and O–H groups in total. The van der Waals surface area contributed by atoms with Crippen LogP contribution in [0.15, 0.2) is 24.3 Å². The molecule has 1 unspecified atom stereocenters. The lowest BCUT2D eigenvalue weighted by Gasteiger charge is -2.23. The van der Waals surface area contributed by atoms with Gasteiger partial charge < -0.3 is 9.64 Å². The van der Waals surface area contributed by atoms with Crippen molar-refractivity contribution in [1.29, 1.82) is 0 Å². The third-order valence-corrected chi connectivity index (χ3v) is 3.97. The van der Waals surface area contributed by atoms with Crippen LogP contribution in [0.4, 0.5) is 0 Å². The van der Waals surface area contributed by atoms with Crippen molar-refractivity contribution >= 4 is 11.6 Å². The Hall–Kier alpha value is -0.730. The summed E-state index contributed by atoms with van der Waals surface area (Å²) < 4.78 is 5.38. The topological polar surface area (TPSA) is 12.5 Å². The molecule has 0 saturated carbocycles. The van der Waals surface area contributed by atoms with Crippen molar-refractivity contribution in [2.24, 2.45) is 0 Å². The predicted molar refractivity (Wildman–Crippen MR) is 76.5 cm³/mol. The van der Waals surface area contributed by atoms with E-state index in [1.54, 1.807) is 7.11 Å². The molecule has 0 spiro atoms. The minimum Gasteiger partial charge on any atom is -0.496 e. The standard InChI is InChI=1S/C15H22ClNO/c1-18-15-9-5-4-8-13(15)14(16)12-17-10-6-2-3-7-11-17/h4-5,8-9,14H,2-3,6-7,10-12H2,1H3. The van der Waals surface area contributed by atoms with Gasteiger partial charge in [-0.3, -0.25) is 0 Å². The van der Waals surface area contributed by atoms with Gasteiger partial charge in [0, 0.05) is 12.1 Å². The number of halogens is 1. The Balaban J connectivity index is 1.99. The molecule has 1 aromatic carbocycles. The molecule has 0 bridgehead atoms. The number of likely N-dealkylation sites (tertiary alicyclic amines) is 1.